The Balaban J connectivity index is 4.15. The Hall–Kier alpha value is -1.92. The Labute approximate surface area is 125 Å². The van der Waals surface area contributed by atoms with Gasteiger partial charge in [0.25, 0.3) is 0 Å². The number of guanidine groups is 1. The Bertz CT molecular complexity index is 430. The zero-order valence-corrected chi connectivity index (χ0v) is 13.5. The Morgan fingerprint density at radius 3 is 1.90 bits per heavy atom. The number of nitrogens with one attached hydrogen (secondary N) is 3. The minimum Gasteiger partial charge on any atom is -0.444 e. The van der Waals surface area contributed by atoms with Crippen LogP contribution >= 0.6 is 0 Å². The highest BCUT2D eigenvalue weighted by Gasteiger charge is 2.22. The predicted octanol–water partition coefficient (Wildman–Crippen LogP) is 1.96. The summed E-state index contributed by atoms with van der Waals surface area (Å²) in [6.45, 7) is 10.4. The lowest BCUT2D eigenvalue weighted by Crippen LogP contribution is -2.45. The average Bonchev–Trinajstić information content (AvgIpc) is 2.20. The maximum atomic E-state index is 11.7. The summed E-state index contributed by atoms with van der Waals surface area (Å²) in [5.74, 6) is -1.02. The minimum absolute atomic E-state index is 0.0333. The third kappa shape index (κ3) is 9.59. The number of ether oxygens (including phenoxy) is 1. The molecule has 0 aliphatic heterocycles. The first-order chi connectivity index (χ1) is 9.31. The minimum atomic E-state index is -0.821. The Morgan fingerprint density at radius 1 is 0.952 bits per heavy atom. The van der Waals surface area contributed by atoms with Crippen molar-refractivity contribution in [3.63, 3.8) is 0 Å². The van der Waals surface area contributed by atoms with Gasteiger partial charge in [-0.2, -0.15) is 0 Å². The van der Waals surface area contributed by atoms with E-state index in [0.717, 1.165) is 0 Å². The molecular weight excluding hydrogens is 274 g/mol. The fourth-order valence-electron chi connectivity index (χ4n) is 1.24. The first-order valence-electron chi connectivity index (χ1n) is 6.73. The molecule has 0 saturated heterocycles. The fourth-order valence-corrected chi connectivity index (χ4v) is 1.24. The quantitative estimate of drug-likeness (QED) is 0.546. The molecule has 0 saturated carbocycles. The molecule has 0 fully saturated rings. The maximum Gasteiger partial charge on any atom is 0.414 e. The molecule has 0 heterocycles. The third-order valence-corrected chi connectivity index (χ3v) is 2.31. The molecule has 0 unspecified atom stereocenters. The SMILES string of the molecule is CC(C)(C)OC(=O)NC(=N)NC(=O)CCC(=O)C(C)(C)C. The topological polar surface area (TPSA) is 108 Å². The molecule has 0 aromatic heterocycles. The van der Waals surface area contributed by atoms with Gasteiger partial charge in [0.15, 0.2) is 0 Å². The van der Waals surface area contributed by atoms with Crippen LogP contribution in [0.4, 0.5) is 4.79 Å². The van der Waals surface area contributed by atoms with Crippen molar-refractivity contribution >= 4 is 23.7 Å². The van der Waals surface area contributed by atoms with E-state index in [2.05, 4.69) is 10.6 Å². The zero-order valence-electron chi connectivity index (χ0n) is 13.5. The molecule has 21 heavy (non-hydrogen) atoms. The summed E-state index contributed by atoms with van der Waals surface area (Å²) in [4.78, 5) is 34.6. The molecule has 0 bridgehead atoms. The number of amides is 2. The molecule has 0 aromatic carbocycles. The molecule has 0 atom stereocenters. The number of ketones is 1. The first-order valence-corrected chi connectivity index (χ1v) is 6.73. The summed E-state index contributed by atoms with van der Waals surface area (Å²) >= 11 is 0. The summed E-state index contributed by atoms with van der Waals surface area (Å²) in [6, 6.07) is 0. The van der Waals surface area contributed by atoms with E-state index >= 15 is 0 Å². The lowest BCUT2D eigenvalue weighted by atomic mass is 9.88. The number of hydrogen-bond acceptors (Lipinski definition) is 5. The van der Waals surface area contributed by atoms with Crippen molar-refractivity contribution < 1.29 is 19.1 Å². The van der Waals surface area contributed by atoms with E-state index in [4.69, 9.17) is 10.1 Å². The fraction of sp³-hybridized carbons (Fsp3) is 0.714. The van der Waals surface area contributed by atoms with Gasteiger partial charge in [0.1, 0.15) is 11.4 Å². The highest BCUT2D eigenvalue weighted by molar-refractivity contribution is 6.02. The van der Waals surface area contributed by atoms with Crippen molar-refractivity contribution in [1.82, 2.24) is 10.6 Å². The van der Waals surface area contributed by atoms with Crippen LogP contribution in [-0.4, -0.2) is 29.3 Å². The highest BCUT2D eigenvalue weighted by atomic mass is 16.6. The number of rotatable bonds is 3. The smallest absolute Gasteiger partial charge is 0.414 e. The van der Waals surface area contributed by atoms with E-state index in [1.165, 1.54) is 0 Å². The standard InChI is InChI=1S/C14H25N3O4/c1-13(2,3)9(18)7-8-10(19)16-11(15)17-12(20)21-14(4,5)6/h7-8H2,1-6H3,(H3,15,16,17,19,20). The van der Waals surface area contributed by atoms with E-state index in [-0.39, 0.29) is 18.6 Å². The van der Waals surface area contributed by atoms with Crippen LogP contribution in [0.15, 0.2) is 0 Å². The van der Waals surface area contributed by atoms with E-state index in [1.54, 1.807) is 41.5 Å². The monoisotopic (exact) mass is 299 g/mol. The molecule has 0 radical (unpaired) electrons. The molecule has 7 nitrogen and oxygen atoms in total. The van der Waals surface area contributed by atoms with Gasteiger partial charge in [-0.1, -0.05) is 20.8 Å². The van der Waals surface area contributed by atoms with Gasteiger partial charge < -0.3 is 4.74 Å². The van der Waals surface area contributed by atoms with Crippen LogP contribution in [0.3, 0.4) is 0 Å². The summed E-state index contributed by atoms with van der Waals surface area (Å²) < 4.78 is 4.94. The molecule has 3 N–H and O–H groups in total. The van der Waals surface area contributed by atoms with Gasteiger partial charge in [-0.3, -0.25) is 25.6 Å². The largest absolute Gasteiger partial charge is 0.444 e. The Morgan fingerprint density at radius 2 is 1.48 bits per heavy atom. The van der Waals surface area contributed by atoms with Crippen molar-refractivity contribution in [2.24, 2.45) is 5.41 Å². The van der Waals surface area contributed by atoms with Crippen molar-refractivity contribution in [3.05, 3.63) is 0 Å². The number of carbonyl (C=O) groups is 3. The number of alkyl carbamates (subject to hydrolysis) is 1. The predicted molar refractivity (Wildman–Crippen MR) is 78.9 cm³/mol. The van der Waals surface area contributed by atoms with Gasteiger partial charge in [-0.15, -0.1) is 0 Å². The molecule has 7 heteroatoms. The van der Waals surface area contributed by atoms with Crippen LogP contribution in [0.2, 0.25) is 0 Å². The summed E-state index contributed by atoms with van der Waals surface area (Å²) in [6.07, 6.45) is -0.762. The van der Waals surface area contributed by atoms with Crippen LogP contribution in [0.25, 0.3) is 0 Å². The van der Waals surface area contributed by atoms with E-state index in [0.29, 0.717) is 0 Å². The molecule has 2 amide bonds. The molecule has 0 aliphatic carbocycles. The van der Waals surface area contributed by atoms with Gasteiger partial charge >= 0.3 is 6.09 Å². The van der Waals surface area contributed by atoms with Crippen molar-refractivity contribution in [2.75, 3.05) is 0 Å². The normalized spacial score (nSPS) is 11.5. The Kier molecular flexibility index (Phi) is 6.53. The van der Waals surface area contributed by atoms with Crippen LogP contribution in [0, 0.1) is 10.8 Å². The van der Waals surface area contributed by atoms with Gasteiger partial charge in [-0.25, -0.2) is 4.79 Å². The summed E-state index contributed by atoms with van der Waals surface area (Å²) in [5.41, 5.74) is -1.18. The zero-order chi connectivity index (χ0) is 16.8. The second-order valence-electron chi connectivity index (χ2n) is 6.72. The van der Waals surface area contributed by atoms with E-state index < -0.39 is 29.0 Å². The molecule has 0 rings (SSSR count). The first kappa shape index (κ1) is 19.1. The van der Waals surface area contributed by atoms with Gasteiger partial charge in [0.2, 0.25) is 11.9 Å². The van der Waals surface area contributed by atoms with Crippen LogP contribution < -0.4 is 10.6 Å². The molecule has 120 valence electrons. The lowest BCUT2D eigenvalue weighted by Gasteiger charge is -2.20. The number of hydrogen-bond donors (Lipinski definition) is 3. The van der Waals surface area contributed by atoms with Gasteiger partial charge in [0.05, 0.1) is 0 Å². The second-order valence-corrected chi connectivity index (χ2v) is 6.72. The van der Waals surface area contributed by atoms with Crippen LogP contribution in [0.5, 0.6) is 0 Å². The number of carbonyl (C=O) groups excluding carboxylic acids is 3. The second kappa shape index (κ2) is 7.19. The molecule has 0 aliphatic rings. The molecular formula is C14H25N3O4. The van der Waals surface area contributed by atoms with E-state index in [9.17, 15) is 14.4 Å². The number of Topliss-reactive ketones (excluding diaryl/α,β-unsaturated/α-hetero) is 1. The van der Waals surface area contributed by atoms with Crippen LogP contribution in [0.1, 0.15) is 54.4 Å². The van der Waals surface area contributed by atoms with Crippen LogP contribution in [-0.2, 0) is 14.3 Å². The van der Waals surface area contributed by atoms with Crippen molar-refractivity contribution in [2.45, 2.75) is 60.0 Å². The summed E-state index contributed by atoms with van der Waals surface area (Å²) in [5, 5.41) is 11.7. The molecule has 0 aromatic rings. The maximum absolute atomic E-state index is 11.7. The molecule has 0 spiro atoms. The van der Waals surface area contributed by atoms with Crippen molar-refractivity contribution in [1.29, 1.82) is 5.41 Å². The average molecular weight is 299 g/mol. The van der Waals surface area contributed by atoms with Gasteiger partial charge in [0, 0.05) is 18.3 Å². The van der Waals surface area contributed by atoms with E-state index in [1.807, 2.05) is 0 Å². The third-order valence-electron chi connectivity index (χ3n) is 2.31. The van der Waals surface area contributed by atoms with Gasteiger partial charge in [-0.05, 0) is 20.8 Å². The lowest BCUT2D eigenvalue weighted by molar-refractivity contribution is -0.129. The van der Waals surface area contributed by atoms with Crippen molar-refractivity contribution in [3.8, 4) is 0 Å². The highest BCUT2D eigenvalue weighted by Crippen LogP contribution is 2.17. The summed E-state index contributed by atoms with van der Waals surface area (Å²) in [7, 11) is 0.